The van der Waals surface area contributed by atoms with Crippen LogP contribution in [0, 0.1) is 11.8 Å². The Morgan fingerprint density at radius 1 is 0.933 bits per heavy atom. The lowest BCUT2D eigenvalue weighted by Gasteiger charge is -2.14. The van der Waals surface area contributed by atoms with Gasteiger partial charge in [-0.15, -0.1) is 0 Å². The van der Waals surface area contributed by atoms with Crippen molar-refractivity contribution < 1.29 is 25.9 Å². The highest BCUT2D eigenvalue weighted by Crippen LogP contribution is 2.19. The predicted octanol–water partition coefficient (Wildman–Crippen LogP) is -1.40. The third-order valence-electron chi connectivity index (χ3n) is 2.33. The standard InChI is InChI=1S/C6H13NO6S2/c8-14(9,10)3-5-1-7-2-6(5)4-15(11,12)13/h5-7H,1-4H2,(H,8,9,10)(H,11,12,13). The normalized spacial score (nSPS) is 28.1. The number of hydrogen-bond donors (Lipinski definition) is 3. The second kappa shape index (κ2) is 4.34. The molecule has 0 radical (unpaired) electrons. The first kappa shape index (κ1) is 12.8. The largest absolute Gasteiger partial charge is 0.316 e. The maximum Gasteiger partial charge on any atom is 0.265 e. The summed E-state index contributed by atoms with van der Waals surface area (Å²) in [6.07, 6.45) is 0. The molecule has 3 N–H and O–H groups in total. The van der Waals surface area contributed by atoms with E-state index in [1.807, 2.05) is 0 Å². The molecule has 0 amide bonds. The summed E-state index contributed by atoms with van der Waals surface area (Å²) >= 11 is 0. The molecule has 0 bridgehead atoms. The first-order valence-electron chi connectivity index (χ1n) is 4.28. The molecule has 0 aromatic heterocycles. The fraction of sp³-hybridized carbons (Fsp3) is 1.00. The average Bonchev–Trinajstić information content (AvgIpc) is 2.29. The Morgan fingerprint density at radius 2 is 1.27 bits per heavy atom. The van der Waals surface area contributed by atoms with Crippen LogP contribution in [0.15, 0.2) is 0 Å². The molecule has 1 fully saturated rings. The van der Waals surface area contributed by atoms with E-state index >= 15 is 0 Å². The SMILES string of the molecule is O=S(=O)(O)CC1CNCC1CS(=O)(=O)O. The highest BCUT2D eigenvalue weighted by atomic mass is 32.2. The zero-order valence-corrected chi connectivity index (χ0v) is 9.46. The van der Waals surface area contributed by atoms with Gasteiger partial charge in [0.05, 0.1) is 11.5 Å². The maximum absolute atomic E-state index is 10.6. The first-order valence-corrected chi connectivity index (χ1v) is 7.50. The Balaban J connectivity index is 2.66. The lowest BCUT2D eigenvalue weighted by Crippen LogP contribution is -2.27. The molecule has 0 aromatic rings. The smallest absolute Gasteiger partial charge is 0.265 e. The zero-order valence-electron chi connectivity index (χ0n) is 7.83. The van der Waals surface area contributed by atoms with E-state index in [0.29, 0.717) is 13.1 Å². The molecule has 1 rings (SSSR count). The molecule has 7 nitrogen and oxygen atoms in total. The van der Waals surface area contributed by atoms with E-state index in [-0.39, 0.29) is 0 Å². The first-order chi connectivity index (χ1) is 6.67. The minimum absolute atomic E-state index is 0.319. The summed E-state index contributed by atoms with van der Waals surface area (Å²) in [5, 5.41) is 2.82. The zero-order chi connectivity index (χ0) is 11.7. The van der Waals surface area contributed by atoms with Gasteiger partial charge in [-0.1, -0.05) is 0 Å². The fourth-order valence-electron chi connectivity index (χ4n) is 1.72. The van der Waals surface area contributed by atoms with Crippen LogP contribution in [0.1, 0.15) is 0 Å². The molecule has 2 atom stereocenters. The van der Waals surface area contributed by atoms with Gasteiger partial charge >= 0.3 is 0 Å². The van der Waals surface area contributed by atoms with Crippen LogP contribution in [-0.4, -0.2) is 50.5 Å². The molecular formula is C6H13NO6S2. The summed E-state index contributed by atoms with van der Waals surface area (Å²) in [6, 6.07) is 0. The van der Waals surface area contributed by atoms with Crippen LogP contribution in [0.3, 0.4) is 0 Å². The molecule has 0 aromatic carbocycles. The highest BCUT2D eigenvalue weighted by Gasteiger charge is 2.33. The summed E-state index contributed by atoms with van der Waals surface area (Å²) in [4.78, 5) is 0. The van der Waals surface area contributed by atoms with Crippen LogP contribution in [-0.2, 0) is 20.2 Å². The summed E-state index contributed by atoms with van der Waals surface area (Å²) in [5.41, 5.74) is 0. The number of rotatable bonds is 4. The van der Waals surface area contributed by atoms with E-state index in [0.717, 1.165) is 0 Å². The quantitative estimate of drug-likeness (QED) is 0.531. The molecule has 90 valence electrons. The van der Waals surface area contributed by atoms with Crippen molar-refractivity contribution >= 4 is 20.2 Å². The third-order valence-corrected chi connectivity index (χ3v) is 4.03. The van der Waals surface area contributed by atoms with E-state index in [9.17, 15) is 16.8 Å². The molecule has 1 aliphatic heterocycles. The molecule has 2 unspecified atom stereocenters. The van der Waals surface area contributed by atoms with Gasteiger partial charge in [-0.3, -0.25) is 9.11 Å². The molecule has 1 saturated heterocycles. The Kier molecular flexibility index (Phi) is 3.71. The van der Waals surface area contributed by atoms with Gasteiger partial charge in [-0.2, -0.15) is 16.8 Å². The Labute approximate surface area is 88.4 Å². The molecule has 0 aliphatic carbocycles. The minimum atomic E-state index is -4.11. The van der Waals surface area contributed by atoms with Crippen molar-refractivity contribution in [2.45, 2.75) is 0 Å². The van der Waals surface area contributed by atoms with Crippen molar-refractivity contribution in [3.8, 4) is 0 Å². The van der Waals surface area contributed by atoms with Crippen molar-refractivity contribution in [3.05, 3.63) is 0 Å². The van der Waals surface area contributed by atoms with Crippen molar-refractivity contribution in [3.63, 3.8) is 0 Å². The minimum Gasteiger partial charge on any atom is -0.316 e. The van der Waals surface area contributed by atoms with Crippen molar-refractivity contribution in [2.24, 2.45) is 11.8 Å². The summed E-state index contributed by atoms with van der Waals surface area (Å²) in [6.45, 7) is 0.639. The lowest BCUT2D eigenvalue weighted by molar-refractivity contribution is 0.423. The van der Waals surface area contributed by atoms with E-state index in [4.69, 9.17) is 9.11 Å². The van der Waals surface area contributed by atoms with Gasteiger partial charge in [-0.05, 0) is 24.9 Å². The third kappa shape index (κ3) is 4.89. The Bertz CT molecular complexity index is 373. The van der Waals surface area contributed by atoms with E-state index < -0.39 is 43.6 Å². The average molecular weight is 259 g/mol. The van der Waals surface area contributed by atoms with Gasteiger partial charge in [0.15, 0.2) is 0 Å². The van der Waals surface area contributed by atoms with Crippen LogP contribution < -0.4 is 5.32 Å². The van der Waals surface area contributed by atoms with Gasteiger partial charge in [0, 0.05) is 0 Å². The second-order valence-electron chi connectivity index (χ2n) is 3.68. The van der Waals surface area contributed by atoms with Crippen LogP contribution in [0.4, 0.5) is 0 Å². The topological polar surface area (TPSA) is 121 Å². The van der Waals surface area contributed by atoms with Crippen LogP contribution >= 0.6 is 0 Å². The van der Waals surface area contributed by atoms with E-state index in [2.05, 4.69) is 5.32 Å². The van der Waals surface area contributed by atoms with Crippen LogP contribution in [0.5, 0.6) is 0 Å². The maximum atomic E-state index is 10.6. The molecule has 1 aliphatic rings. The van der Waals surface area contributed by atoms with Crippen LogP contribution in [0.2, 0.25) is 0 Å². The van der Waals surface area contributed by atoms with Crippen molar-refractivity contribution in [1.29, 1.82) is 0 Å². The van der Waals surface area contributed by atoms with Crippen LogP contribution in [0.25, 0.3) is 0 Å². The molecule has 1 heterocycles. The molecule has 0 spiro atoms. The molecule has 9 heteroatoms. The summed E-state index contributed by atoms with van der Waals surface area (Å²) in [7, 11) is -8.23. The summed E-state index contributed by atoms with van der Waals surface area (Å²) < 4.78 is 59.7. The van der Waals surface area contributed by atoms with E-state index in [1.165, 1.54) is 0 Å². The van der Waals surface area contributed by atoms with E-state index in [1.54, 1.807) is 0 Å². The summed E-state index contributed by atoms with van der Waals surface area (Å²) in [5.74, 6) is -1.94. The highest BCUT2D eigenvalue weighted by molar-refractivity contribution is 7.86. The predicted molar refractivity (Wildman–Crippen MR) is 52.7 cm³/mol. The number of hydrogen-bond acceptors (Lipinski definition) is 5. The Hall–Kier alpha value is -0.220. The second-order valence-corrected chi connectivity index (χ2v) is 6.67. The molecule has 15 heavy (non-hydrogen) atoms. The Morgan fingerprint density at radius 3 is 1.53 bits per heavy atom. The van der Waals surface area contributed by atoms with Gasteiger partial charge in [0.2, 0.25) is 0 Å². The number of nitrogens with one attached hydrogen (secondary N) is 1. The fourth-order valence-corrected chi connectivity index (χ4v) is 3.58. The molecule has 0 saturated carbocycles. The monoisotopic (exact) mass is 259 g/mol. The van der Waals surface area contributed by atoms with Crippen molar-refractivity contribution in [2.75, 3.05) is 24.6 Å². The lowest BCUT2D eigenvalue weighted by atomic mass is 10.0. The van der Waals surface area contributed by atoms with Gasteiger partial charge in [0.25, 0.3) is 20.2 Å². The molecular weight excluding hydrogens is 246 g/mol. The van der Waals surface area contributed by atoms with Gasteiger partial charge in [0.1, 0.15) is 0 Å². The van der Waals surface area contributed by atoms with Gasteiger partial charge < -0.3 is 5.32 Å². The van der Waals surface area contributed by atoms with Crippen molar-refractivity contribution in [1.82, 2.24) is 5.32 Å². The van der Waals surface area contributed by atoms with Gasteiger partial charge in [-0.25, -0.2) is 0 Å².